The van der Waals surface area contributed by atoms with Crippen molar-refractivity contribution in [3.63, 3.8) is 0 Å². The molecule has 2 atom stereocenters. The van der Waals surface area contributed by atoms with Crippen molar-refractivity contribution in [2.45, 2.75) is 44.1 Å². The monoisotopic (exact) mass is 507 g/mol. The molecule has 4 bridgehead atoms. The number of nitrogens with one attached hydrogen (secondary N) is 3. The molecular weight excluding hydrogens is 478 g/mol. The Hall–Kier alpha value is -4.04. The van der Waals surface area contributed by atoms with E-state index in [0.717, 1.165) is 54.4 Å². The van der Waals surface area contributed by atoms with E-state index < -0.39 is 11.0 Å². The lowest BCUT2D eigenvalue weighted by atomic mass is 9.47. The number of carbonyl (C=O) groups excluding carboxylic acids is 2. The summed E-state index contributed by atoms with van der Waals surface area (Å²) in [6.45, 7) is 0. The molecule has 0 radical (unpaired) electrons. The molecular formula is C30H29N5O3. The summed E-state index contributed by atoms with van der Waals surface area (Å²) in [6, 6.07) is 18.3. The van der Waals surface area contributed by atoms with E-state index >= 15 is 0 Å². The van der Waals surface area contributed by atoms with E-state index in [1.165, 1.54) is 0 Å². The van der Waals surface area contributed by atoms with Crippen molar-refractivity contribution < 1.29 is 14.7 Å². The molecule has 4 aliphatic carbocycles. The van der Waals surface area contributed by atoms with Gasteiger partial charge in [-0.1, -0.05) is 6.07 Å². The highest BCUT2D eigenvalue weighted by molar-refractivity contribution is 6.05. The first kappa shape index (κ1) is 23.1. The predicted molar refractivity (Wildman–Crippen MR) is 144 cm³/mol. The van der Waals surface area contributed by atoms with Crippen molar-refractivity contribution in [2.75, 3.05) is 10.6 Å². The maximum atomic E-state index is 13.4. The Bertz CT molecular complexity index is 1530. The number of imidazole rings is 1. The summed E-state index contributed by atoms with van der Waals surface area (Å²) in [5.74, 6) is 1.90. The molecule has 2 unspecified atom stereocenters. The molecule has 0 saturated heterocycles. The first-order valence-electron chi connectivity index (χ1n) is 13.2. The van der Waals surface area contributed by atoms with E-state index in [1.54, 1.807) is 30.5 Å². The number of rotatable bonds is 5. The molecule has 4 aromatic rings. The smallest absolute Gasteiger partial charge is 0.256 e. The Morgan fingerprint density at radius 1 is 0.947 bits per heavy atom. The lowest BCUT2D eigenvalue weighted by Crippen LogP contribution is -2.59. The lowest BCUT2D eigenvalue weighted by Gasteiger charge is -2.59. The Morgan fingerprint density at radius 3 is 2.45 bits per heavy atom. The zero-order valence-electron chi connectivity index (χ0n) is 20.9. The van der Waals surface area contributed by atoms with Gasteiger partial charge >= 0.3 is 0 Å². The number of nitrogens with zero attached hydrogens (tertiary/aromatic N) is 2. The topological polar surface area (TPSA) is 120 Å². The molecule has 2 amide bonds. The van der Waals surface area contributed by atoms with E-state index in [0.29, 0.717) is 35.5 Å². The molecule has 4 aliphatic rings. The van der Waals surface area contributed by atoms with Crippen LogP contribution < -0.4 is 10.6 Å². The van der Waals surface area contributed by atoms with Crippen molar-refractivity contribution in [1.82, 2.24) is 15.0 Å². The van der Waals surface area contributed by atoms with Crippen LogP contribution in [0.4, 0.5) is 11.5 Å². The number of anilines is 2. The third kappa shape index (κ3) is 4.05. The number of carbonyl (C=O) groups is 2. The fraction of sp³-hybridized carbons (Fsp3) is 0.333. The normalized spacial score (nSPS) is 27.4. The van der Waals surface area contributed by atoms with Crippen LogP contribution in [-0.2, 0) is 4.79 Å². The summed E-state index contributed by atoms with van der Waals surface area (Å²) in [5, 5.41) is 16.9. The number of fused-ring (bicyclic) bond motifs is 1. The highest BCUT2D eigenvalue weighted by Crippen LogP contribution is 2.61. The molecule has 4 fully saturated rings. The summed E-state index contributed by atoms with van der Waals surface area (Å²) in [7, 11) is 0. The van der Waals surface area contributed by atoms with E-state index in [1.807, 2.05) is 36.4 Å². The van der Waals surface area contributed by atoms with Gasteiger partial charge in [0.1, 0.15) is 11.6 Å². The molecule has 4 saturated carbocycles. The molecule has 2 heterocycles. The van der Waals surface area contributed by atoms with Gasteiger partial charge in [0.05, 0.1) is 22.0 Å². The summed E-state index contributed by atoms with van der Waals surface area (Å²) in [6.07, 6.45) is 6.83. The molecule has 8 rings (SSSR count). The number of pyridine rings is 1. The molecule has 0 aliphatic heterocycles. The maximum Gasteiger partial charge on any atom is 0.256 e. The van der Waals surface area contributed by atoms with Gasteiger partial charge in [0.15, 0.2) is 0 Å². The largest absolute Gasteiger partial charge is 0.390 e. The van der Waals surface area contributed by atoms with E-state index in [2.05, 4.69) is 25.6 Å². The second-order valence-electron chi connectivity index (χ2n) is 11.5. The van der Waals surface area contributed by atoms with Crippen LogP contribution in [0.5, 0.6) is 0 Å². The molecule has 192 valence electrons. The standard InChI is InChI=1S/C30H29N5O3/c36-27(35-25-3-1-2-10-31-25)21-6-9-23-24(12-21)34-26(33-23)20-4-7-22(8-5-20)32-28(37)29-13-18-11-19(14-29)16-30(38,15-18)17-29/h1-10,12,18-19,38H,11,13-17H2,(H,32,37)(H,33,34)(H,31,35,36). The third-order valence-electron chi connectivity index (χ3n) is 8.58. The fourth-order valence-corrected chi connectivity index (χ4v) is 7.37. The quantitative estimate of drug-likeness (QED) is 0.298. The van der Waals surface area contributed by atoms with Gasteiger partial charge < -0.3 is 20.7 Å². The van der Waals surface area contributed by atoms with E-state index in [9.17, 15) is 14.7 Å². The average molecular weight is 508 g/mol. The zero-order chi connectivity index (χ0) is 25.9. The summed E-state index contributed by atoms with van der Waals surface area (Å²) < 4.78 is 0. The summed E-state index contributed by atoms with van der Waals surface area (Å²) >= 11 is 0. The van der Waals surface area contributed by atoms with Gasteiger partial charge in [0.25, 0.3) is 5.91 Å². The molecule has 2 aromatic carbocycles. The van der Waals surface area contributed by atoms with Crippen molar-refractivity contribution in [1.29, 1.82) is 0 Å². The van der Waals surface area contributed by atoms with Gasteiger partial charge in [-0.05, 0) is 105 Å². The van der Waals surface area contributed by atoms with Crippen LogP contribution in [0.3, 0.4) is 0 Å². The highest BCUT2D eigenvalue weighted by Gasteiger charge is 2.60. The Morgan fingerprint density at radius 2 is 1.74 bits per heavy atom. The van der Waals surface area contributed by atoms with Gasteiger partial charge in [0.2, 0.25) is 5.91 Å². The number of hydrogen-bond acceptors (Lipinski definition) is 5. The number of aromatic nitrogens is 3. The minimum atomic E-state index is -0.661. The van der Waals surface area contributed by atoms with Crippen molar-refractivity contribution in [2.24, 2.45) is 17.3 Å². The van der Waals surface area contributed by atoms with Crippen LogP contribution in [0.2, 0.25) is 0 Å². The van der Waals surface area contributed by atoms with Gasteiger partial charge in [-0.2, -0.15) is 0 Å². The van der Waals surface area contributed by atoms with Crippen molar-refractivity contribution in [3.05, 3.63) is 72.4 Å². The minimum absolute atomic E-state index is 0.0398. The third-order valence-corrected chi connectivity index (χ3v) is 8.58. The highest BCUT2D eigenvalue weighted by atomic mass is 16.3. The number of H-pyrrole nitrogens is 1. The van der Waals surface area contributed by atoms with Gasteiger partial charge in [-0.25, -0.2) is 9.97 Å². The first-order valence-corrected chi connectivity index (χ1v) is 13.2. The van der Waals surface area contributed by atoms with Gasteiger partial charge in [0, 0.05) is 23.0 Å². The second kappa shape index (κ2) is 8.49. The van der Waals surface area contributed by atoms with Crippen LogP contribution >= 0.6 is 0 Å². The number of aliphatic hydroxyl groups is 1. The number of benzene rings is 2. The Labute approximate surface area is 219 Å². The second-order valence-corrected chi connectivity index (χ2v) is 11.5. The Balaban J connectivity index is 1.06. The molecule has 8 nitrogen and oxygen atoms in total. The minimum Gasteiger partial charge on any atom is -0.390 e. The zero-order valence-corrected chi connectivity index (χ0v) is 20.9. The van der Waals surface area contributed by atoms with E-state index in [-0.39, 0.29) is 11.8 Å². The average Bonchev–Trinajstić information content (AvgIpc) is 3.32. The molecule has 2 aromatic heterocycles. The molecule has 8 heteroatoms. The van der Waals surface area contributed by atoms with Crippen LogP contribution in [0.1, 0.15) is 48.9 Å². The first-order chi connectivity index (χ1) is 18.4. The van der Waals surface area contributed by atoms with Gasteiger partial charge in [-0.3, -0.25) is 9.59 Å². The molecule has 0 spiro atoms. The lowest BCUT2D eigenvalue weighted by molar-refractivity contribution is -0.174. The van der Waals surface area contributed by atoms with Crippen LogP contribution in [-0.4, -0.2) is 37.5 Å². The van der Waals surface area contributed by atoms with Crippen molar-refractivity contribution >= 4 is 34.4 Å². The van der Waals surface area contributed by atoms with Crippen LogP contribution in [0, 0.1) is 17.3 Å². The van der Waals surface area contributed by atoms with Crippen LogP contribution in [0.25, 0.3) is 22.4 Å². The van der Waals surface area contributed by atoms with Crippen molar-refractivity contribution in [3.8, 4) is 11.4 Å². The summed E-state index contributed by atoms with van der Waals surface area (Å²) in [5.41, 5.74) is 2.53. The number of hydrogen-bond donors (Lipinski definition) is 4. The summed E-state index contributed by atoms with van der Waals surface area (Å²) in [4.78, 5) is 38.2. The number of aromatic amines is 1. The van der Waals surface area contributed by atoms with Crippen LogP contribution in [0.15, 0.2) is 66.9 Å². The molecule has 4 N–H and O–H groups in total. The fourth-order valence-electron chi connectivity index (χ4n) is 7.37. The van der Waals surface area contributed by atoms with Gasteiger partial charge in [-0.15, -0.1) is 0 Å². The maximum absolute atomic E-state index is 13.4. The molecule has 38 heavy (non-hydrogen) atoms. The Kier molecular flexibility index (Phi) is 5.16. The predicted octanol–water partition coefficient (Wildman–Crippen LogP) is 5.15. The number of amides is 2. The SMILES string of the molecule is O=C(Nc1ccccn1)c1ccc2nc(-c3ccc(NC(=O)C45CC6CC(CC(O)(C6)C4)C5)cc3)[nH]c2c1. The van der Waals surface area contributed by atoms with E-state index in [4.69, 9.17) is 0 Å².